The molecule has 5 rings (SSSR count). The number of rotatable bonds is 7. The number of benzene rings is 2. The molecule has 1 amide bonds. The van der Waals surface area contributed by atoms with E-state index in [0.717, 1.165) is 11.4 Å². The van der Waals surface area contributed by atoms with Crippen LogP contribution < -0.4 is 4.74 Å². The molecule has 1 N–H and O–H groups in total. The molecular formula is C27H30N4O4. The van der Waals surface area contributed by atoms with Crippen LogP contribution in [-0.2, 0) is 11.3 Å². The molecule has 0 saturated carbocycles. The number of nitrogens with zero attached hydrogens (tertiary/aromatic N) is 4. The van der Waals surface area contributed by atoms with Crippen LogP contribution in [0.2, 0.25) is 0 Å². The van der Waals surface area contributed by atoms with Gasteiger partial charge in [0.15, 0.2) is 5.76 Å². The Balaban J connectivity index is 1.43. The highest BCUT2D eigenvalue weighted by Crippen LogP contribution is 2.37. The molecule has 4 aromatic rings. The molecule has 0 bridgehead atoms. The summed E-state index contributed by atoms with van der Waals surface area (Å²) in [4.78, 5) is 20.2. The lowest BCUT2D eigenvalue weighted by Crippen LogP contribution is -2.38. The molecule has 8 nitrogen and oxygen atoms in total. The number of aliphatic hydroxyl groups is 1. The monoisotopic (exact) mass is 474 g/mol. The Morgan fingerprint density at radius 3 is 2.74 bits per heavy atom. The molecule has 0 radical (unpaired) electrons. The van der Waals surface area contributed by atoms with Gasteiger partial charge in [0.1, 0.15) is 11.7 Å². The van der Waals surface area contributed by atoms with Gasteiger partial charge in [-0.2, -0.15) is 0 Å². The summed E-state index contributed by atoms with van der Waals surface area (Å²) in [6.45, 7) is 4.82. The fourth-order valence-electron chi connectivity index (χ4n) is 5.02. The van der Waals surface area contributed by atoms with Crippen molar-refractivity contribution in [2.24, 2.45) is 5.92 Å². The second kappa shape index (κ2) is 9.54. The highest BCUT2D eigenvalue weighted by atomic mass is 16.5. The van der Waals surface area contributed by atoms with Crippen LogP contribution in [0.1, 0.15) is 49.4 Å². The van der Waals surface area contributed by atoms with Gasteiger partial charge < -0.3 is 23.8 Å². The molecule has 0 spiro atoms. The lowest BCUT2D eigenvalue weighted by molar-refractivity contribution is -0.135. The van der Waals surface area contributed by atoms with E-state index in [9.17, 15) is 9.90 Å². The Bertz CT molecular complexity index is 1330. The highest BCUT2D eigenvalue weighted by molar-refractivity contribution is 5.84. The van der Waals surface area contributed by atoms with Gasteiger partial charge in [0, 0.05) is 38.0 Å². The number of hydrogen-bond acceptors (Lipinski definition) is 6. The summed E-state index contributed by atoms with van der Waals surface area (Å²) in [5.41, 5.74) is 1.15. The molecule has 1 fully saturated rings. The molecule has 0 aliphatic carbocycles. The molecule has 1 unspecified atom stereocenters. The summed E-state index contributed by atoms with van der Waals surface area (Å²) in [6.07, 6.45) is 3.50. The smallest absolute Gasteiger partial charge is 0.254 e. The van der Waals surface area contributed by atoms with Crippen molar-refractivity contribution in [3.8, 4) is 5.88 Å². The lowest BCUT2D eigenvalue weighted by atomic mass is 9.91. The first kappa shape index (κ1) is 23.1. The standard InChI is InChI=1S/C27H30N4O4/c1-17(2)25(23-14-24(34-3)29-35-23)27(33)31-16-21(32)13-22(31)26-28-10-11-30(26)15-18-8-9-19-6-4-5-7-20(19)12-18/h4-12,14,17,21-22,25,32H,13,15-16H2,1-3H3/t21-,22+,25?/m1/s1. The van der Waals surface area contributed by atoms with Gasteiger partial charge in [0.2, 0.25) is 5.91 Å². The van der Waals surface area contributed by atoms with E-state index in [2.05, 4.69) is 45.0 Å². The second-order valence-electron chi connectivity index (χ2n) is 9.48. The molecule has 3 atom stereocenters. The molecule has 8 heteroatoms. The zero-order valence-electron chi connectivity index (χ0n) is 20.2. The Kier molecular flexibility index (Phi) is 6.30. The van der Waals surface area contributed by atoms with Crippen LogP contribution in [0.15, 0.2) is 65.4 Å². The first-order valence-corrected chi connectivity index (χ1v) is 11.9. The number of methoxy groups -OCH3 is 1. The van der Waals surface area contributed by atoms with E-state index < -0.39 is 12.0 Å². The Hall–Kier alpha value is -3.65. The maximum atomic E-state index is 13.8. The highest BCUT2D eigenvalue weighted by Gasteiger charge is 2.42. The van der Waals surface area contributed by atoms with Gasteiger partial charge in [-0.05, 0) is 33.5 Å². The quantitative estimate of drug-likeness (QED) is 0.432. The number of carbonyl (C=O) groups is 1. The zero-order valence-corrected chi connectivity index (χ0v) is 20.2. The number of β-amino-alcohol motifs (C(OH)–C–C–N with tert-alkyl or cyclic N) is 1. The Morgan fingerprint density at radius 2 is 2.00 bits per heavy atom. The number of amides is 1. The molecule has 1 aliphatic rings. The number of fused-ring (bicyclic) bond motifs is 1. The summed E-state index contributed by atoms with van der Waals surface area (Å²) < 4.78 is 12.7. The van der Waals surface area contributed by atoms with E-state index in [1.165, 1.54) is 17.9 Å². The van der Waals surface area contributed by atoms with Crippen molar-refractivity contribution in [2.45, 2.75) is 44.9 Å². The molecule has 35 heavy (non-hydrogen) atoms. The average Bonchev–Trinajstić information content (AvgIpc) is 3.58. The van der Waals surface area contributed by atoms with Gasteiger partial charge in [-0.3, -0.25) is 4.79 Å². The van der Waals surface area contributed by atoms with E-state index in [4.69, 9.17) is 9.26 Å². The summed E-state index contributed by atoms with van der Waals surface area (Å²) in [7, 11) is 1.51. The van der Waals surface area contributed by atoms with Gasteiger partial charge >= 0.3 is 0 Å². The third-order valence-corrected chi connectivity index (χ3v) is 6.73. The number of aromatic nitrogens is 3. The van der Waals surface area contributed by atoms with Crippen LogP contribution in [-0.4, -0.2) is 50.4 Å². The largest absolute Gasteiger partial charge is 0.479 e. The first-order valence-electron chi connectivity index (χ1n) is 11.9. The van der Waals surface area contributed by atoms with Crippen LogP contribution in [0.4, 0.5) is 0 Å². The van der Waals surface area contributed by atoms with E-state index >= 15 is 0 Å². The molecule has 182 valence electrons. The van der Waals surface area contributed by atoms with Crippen LogP contribution in [0, 0.1) is 5.92 Å². The van der Waals surface area contributed by atoms with Gasteiger partial charge in [-0.1, -0.05) is 50.2 Å². The third kappa shape index (κ3) is 4.53. The minimum Gasteiger partial charge on any atom is -0.479 e. The minimum absolute atomic E-state index is 0.0316. The number of carbonyl (C=O) groups excluding carboxylic acids is 1. The number of likely N-dealkylation sites (tertiary alicyclic amines) is 1. The van der Waals surface area contributed by atoms with E-state index in [1.54, 1.807) is 17.2 Å². The first-order chi connectivity index (χ1) is 16.9. The predicted octanol–water partition coefficient (Wildman–Crippen LogP) is 4.16. The summed E-state index contributed by atoms with van der Waals surface area (Å²) in [6, 6.07) is 16.0. The van der Waals surface area contributed by atoms with Crippen LogP contribution >= 0.6 is 0 Å². The average molecular weight is 475 g/mol. The maximum absolute atomic E-state index is 13.8. The molecule has 2 aromatic carbocycles. The SMILES string of the molecule is COc1cc(C(C(=O)N2C[C@H](O)C[C@H]2c2nccn2Cc2ccc3ccccc3c2)C(C)C)on1. The number of imidazole rings is 1. The van der Waals surface area contributed by atoms with Crippen molar-refractivity contribution in [2.75, 3.05) is 13.7 Å². The van der Waals surface area contributed by atoms with Crippen molar-refractivity contribution in [1.82, 2.24) is 19.6 Å². The fraction of sp³-hybridized carbons (Fsp3) is 0.370. The Labute approximate surface area is 204 Å². The maximum Gasteiger partial charge on any atom is 0.254 e. The van der Waals surface area contributed by atoms with Crippen molar-refractivity contribution < 1.29 is 19.2 Å². The minimum atomic E-state index is -0.619. The fourth-order valence-corrected chi connectivity index (χ4v) is 5.02. The zero-order chi connectivity index (χ0) is 24.5. The van der Waals surface area contributed by atoms with Crippen LogP contribution in [0.25, 0.3) is 10.8 Å². The van der Waals surface area contributed by atoms with Gasteiger partial charge in [0.25, 0.3) is 5.88 Å². The molecule has 1 aliphatic heterocycles. The second-order valence-corrected chi connectivity index (χ2v) is 9.48. The number of hydrogen-bond donors (Lipinski definition) is 1. The normalized spacial score (nSPS) is 18.9. The van der Waals surface area contributed by atoms with E-state index in [0.29, 0.717) is 24.6 Å². The topological polar surface area (TPSA) is 93.6 Å². The summed E-state index contributed by atoms with van der Waals surface area (Å²) in [5.74, 6) is 0.879. The molecule has 3 heterocycles. The van der Waals surface area contributed by atoms with Crippen molar-refractivity contribution in [3.05, 3.63) is 78.1 Å². The van der Waals surface area contributed by atoms with Gasteiger partial charge in [-0.15, -0.1) is 0 Å². The Morgan fingerprint density at radius 1 is 1.20 bits per heavy atom. The van der Waals surface area contributed by atoms with Crippen molar-refractivity contribution in [1.29, 1.82) is 0 Å². The van der Waals surface area contributed by atoms with E-state index in [1.807, 2.05) is 32.2 Å². The van der Waals surface area contributed by atoms with Gasteiger partial charge in [0.05, 0.1) is 19.3 Å². The van der Waals surface area contributed by atoms with E-state index in [-0.39, 0.29) is 24.4 Å². The van der Waals surface area contributed by atoms with Crippen LogP contribution in [0.3, 0.4) is 0 Å². The summed E-state index contributed by atoms with van der Waals surface area (Å²) >= 11 is 0. The number of aliphatic hydroxyl groups excluding tert-OH is 1. The third-order valence-electron chi connectivity index (χ3n) is 6.73. The molecule has 2 aromatic heterocycles. The van der Waals surface area contributed by atoms with Gasteiger partial charge in [-0.25, -0.2) is 4.98 Å². The predicted molar refractivity (Wildman–Crippen MR) is 131 cm³/mol. The molecular weight excluding hydrogens is 444 g/mol. The number of ether oxygens (including phenoxy) is 1. The van der Waals surface area contributed by atoms with Crippen LogP contribution in [0.5, 0.6) is 5.88 Å². The van der Waals surface area contributed by atoms with Crippen molar-refractivity contribution >= 4 is 16.7 Å². The van der Waals surface area contributed by atoms with Crippen molar-refractivity contribution in [3.63, 3.8) is 0 Å². The molecule has 1 saturated heterocycles. The lowest BCUT2D eigenvalue weighted by Gasteiger charge is -2.29. The summed E-state index contributed by atoms with van der Waals surface area (Å²) in [5, 5.41) is 16.8.